The van der Waals surface area contributed by atoms with E-state index in [1.165, 1.54) is 0 Å². The number of halogens is 1. The highest BCUT2D eigenvalue weighted by Gasteiger charge is 1.93. The van der Waals surface area contributed by atoms with Gasteiger partial charge in [-0.05, 0) is 36.8 Å². The molecule has 1 N–H and O–H groups in total. The van der Waals surface area contributed by atoms with Crippen molar-refractivity contribution in [1.29, 1.82) is 5.26 Å². The van der Waals surface area contributed by atoms with Crippen molar-refractivity contribution in [3.8, 4) is 6.07 Å². The third-order valence-electron chi connectivity index (χ3n) is 1.77. The summed E-state index contributed by atoms with van der Waals surface area (Å²) in [6.45, 7) is 2.67. The number of benzene rings is 1. The molecule has 0 aliphatic rings. The van der Waals surface area contributed by atoms with E-state index in [2.05, 4.69) is 11.4 Å². The van der Waals surface area contributed by atoms with Crippen LogP contribution in [0.5, 0.6) is 0 Å². The van der Waals surface area contributed by atoms with Crippen LogP contribution in [0.1, 0.15) is 12.5 Å². The summed E-state index contributed by atoms with van der Waals surface area (Å²) in [5.41, 5.74) is 4.27. The predicted molar refractivity (Wildman–Crippen MR) is 59.3 cm³/mol. The molecule has 0 bridgehead atoms. The molecule has 0 heterocycles. The lowest BCUT2D eigenvalue weighted by atomic mass is 10.2. The van der Waals surface area contributed by atoms with E-state index in [1.807, 2.05) is 19.1 Å². The minimum atomic E-state index is 0.667. The van der Waals surface area contributed by atoms with E-state index in [4.69, 9.17) is 16.9 Å². The second kappa shape index (κ2) is 5.31. The summed E-state index contributed by atoms with van der Waals surface area (Å²) in [4.78, 5) is 0. The van der Waals surface area contributed by atoms with Crippen molar-refractivity contribution >= 4 is 17.3 Å². The molecule has 2 nitrogen and oxygen atoms in total. The Morgan fingerprint density at radius 3 is 2.64 bits per heavy atom. The molecule has 0 saturated heterocycles. The molecule has 3 heteroatoms. The Kier molecular flexibility index (Phi) is 4.03. The molecule has 1 aromatic rings. The van der Waals surface area contributed by atoms with Crippen LogP contribution in [0.3, 0.4) is 0 Å². The van der Waals surface area contributed by atoms with Gasteiger partial charge in [0.2, 0.25) is 0 Å². The van der Waals surface area contributed by atoms with Crippen molar-refractivity contribution in [3.63, 3.8) is 0 Å². The fourth-order valence-electron chi connectivity index (χ4n) is 0.943. The lowest BCUT2D eigenvalue weighted by Crippen LogP contribution is -2.01. The number of anilines is 1. The molecule has 0 amide bonds. The lowest BCUT2D eigenvalue weighted by Gasteiger charge is -2.05. The van der Waals surface area contributed by atoms with E-state index >= 15 is 0 Å². The molecule has 1 aromatic carbocycles. The first-order valence-electron chi connectivity index (χ1n) is 4.26. The van der Waals surface area contributed by atoms with Crippen molar-refractivity contribution in [2.45, 2.75) is 6.92 Å². The van der Waals surface area contributed by atoms with Gasteiger partial charge >= 0.3 is 0 Å². The van der Waals surface area contributed by atoms with Crippen LogP contribution in [0, 0.1) is 11.3 Å². The van der Waals surface area contributed by atoms with Crippen LogP contribution < -0.4 is 5.32 Å². The first kappa shape index (κ1) is 10.6. The fraction of sp³-hybridized carbons (Fsp3) is 0.182. The van der Waals surface area contributed by atoms with E-state index < -0.39 is 0 Å². The molecule has 0 aliphatic heterocycles. The van der Waals surface area contributed by atoms with Gasteiger partial charge in [0, 0.05) is 17.8 Å². The van der Waals surface area contributed by atoms with Gasteiger partial charge in [-0.1, -0.05) is 11.6 Å². The lowest BCUT2D eigenvalue weighted by molar-refractivity contribution is 1.21. The highest BCUT2D eigenvalue weighted by atomic mass is 35.5. The molecule has 0 spiro atoms. The van der Waals surface area contributed by atoms with Crippen molar-refractivity contribution in [1.82, 2.24) is 0 Å². The topological polar surface area (TPSA) is 35.8 Å². The minimum absolute atomic E-state index is 0.667. The van der Waals surface area contributed by atoms with Crippen molar-refractivity contribution in [3.05, 3.63) is 40.9 Å². The van der Waals surface area contributed by atoms with Gasteiger partial charge in [0.25, 0.3) is 0 Å². The van der Waals surface area contributed by atoms with Crippen LogP contribution >= 0.6 is 11.6 Å². The van der Waals surface area contributed by atoms with Gasteiger partial charge in [-0.2, -0.15) is 5.26 Å². The zero-order valence-electron chi connectivity index (χ0n) is 7.92. The molecule has 0 aliphatic carbocycles. The van der Waals surface area contributed by atoms with Crippen molar-refractivity contribution < 1.29 is 0 Å². The number of hydrogen-bond donors (Lipinski definition) is 1. The highest BCUT2D eigenvalue weighted by Crippen LogP contribution is 2.09. The van der Waals surface area contributed by atoms with Crippen molar-refractivity contribution in [2.75, 3.05) is 11.9 Å². The van der Waals surface area contributed by atoms with Crippen LogP contribution in [0.2, 0.25) is 0 Å². The number of nitriles is 1. The van der Waals surface area contributed by atoms with Crippen LogP contribution in [-0.4, -0.2) is 6.54 Å². The van der Waals surface area contributed by atoms with E-state index in [1.54, 1.807) is 17.7 Å². The summed E-state index contributed by atoms with van der Waals surface area (Å²) in [5.74, 6) is 0. The van der Waals surface area contributed by atoms with E-state index in [-0.39, 0.29) is 0 Å². The Labute approximate surface area is 88.8 Å². The summed E-state index contributed by atoms with van der Waals surface area (Å²) in [7, 11) is 0. The van der Waals surface area contributed by atoms with Gasteiger partial charge in [0.05, 0.1) is 11.6 Å². The number of hydrogen-bond acceptors (Lipinski definition) is 2. The Bertz CT molecular complexity index is 360. The van der Waals surface area contributed by atoms with Gasteiger partial charge in [0.1, 0.15) is 0 Å². The number of nitrogens with one attached hydrogen (secondary N) is 1. The van der Waals surface area contributed by atoms with Crippen LogP contribution in [0.25, 0.3) is 0 Å². The standard InChI is InChI=1S/C11H11ClN2/c1-9(6-12)8-14-11-4-2-10(7-13)3-5-11/h2-6,14H,8H2,1H3/b9-6-. The second-order valence-corrected chi connectivity index (χ2v) is 3.22. The smallest absolute Gasteiger partial charge is 0.0991 e. The van der Waals surface area contributed by atoms with Gasteiger partial charge < -0.3 is 5.32 Å². The van der Waals surface area contributed by atoms with Gasteiger partial charge in [-0.25, -0.2) is 0 Å². The van der Waals surface area contributed by atoms with Crippen LogP contribution in [0.4, 0.5) is 5.69 Å². The zero-order chi connectivity index (χ0) is 10.4. The van der Waals surface area contributed by atoms with E-state index in [9.17, 15) is 0 Å². The SMILES string of the molecule is C/C(=C/Cl)CNc1ccc(C#N)cc1. The average molecular weight is 207 g/mol. The minimum Gasteiger partial charge on any atom is -0.381 e. The van der Waals surface area contributed by atoms with Gasteiger partial charge in [-0.15, -0.1) is 0 Å². The fourth-order valence-corrected chi connectivity index (χ4v) is 1.02. The third kappa shape index (κ3) is 3.12. The largest absolute Gasteiger partial charge is 0.381 e. The normalized spacial score (nSPS) is 10.8. The molecule has 0 fully saturated rings. The number of rotatable bonds is 3. The Morgan fingerprint density at radius 2 is 2.14 bits per heavy atom. The summed E-state index contributed by atoms with van der Waals surface area (Å²) in [6, 6.07) is 9.38. The molecule has 1 rings (SSSR count). The average Bonchev–Trinajstić information content (AvgIpc) is 2.26. The highest BCUT2D eigenvalue weighted by molar-refractivity contribution is 6.25. The third-order valence-corrected chi connectivity index (χ3v) is 2.14. The van der Waals surface area contributed by atoms with Crippen LogP contribution in [-0.2, 0) is 0 Å². The predicted octanol–water partition coefficient (Wildman–Crippen LogP) is 3.11. The Balaban J connectivity index is 2.57. The molecule has 0 aromatic heterocycles. The first-order valence-corrected chi connectivity index (χ1v) is 4.70. The van der Waals surface area contributed by atoms with Crippen molar-refractivity contribution in [2.24, 2.45) is 0 Å². The molecule has 72 valence electrons. The molecule has 14 heavy (non-hydrogen) atoms. The zero-order valence-corrected chi connectivity index (χ0v) is 8.67. The van der Waals surface area contributed by atoms with E-state index in [0.29, 0.717) is 5.56 Å². The molecular weight excluding hydrogens is 196 g/mol. The van der Waals surface area contributed by atoms with Gasteiger partial charge in [0.15, 0.2) is 0 Å². The second-order valence-electron chi connectivity index (χ2n) is 3.00. The summed E-state index contributed by atoms with van der Waals surface area (Å²) >= 11 is 5.52. The quantitative estimate of drug-likeness (QED) is 0.825. The Hall–Kier alpha value is -1.46. The summed E-state index contributed by atoms with van der Waals surface area (Å²) in [5, 5.41) is 11.8. The summed E-state index contributed by atoms with van der Waals surface area (Å²) < 4.78 is 0. The number of nitrogens with zero attached hydrogens (tertiary/aromatic N) is 1. The molecule has 0 radical (unpaired) electrons. The molecular formula is C11H11ClN2. The first-order chi connectivity index (χ1) is 6.76. The maximum atomic E-state index is 8.59. The van der Waals surface area contributed by atoms with E-state index in [0.717, 1.165) is 17.8 Å². The maximum Gasteiger partial charge on any atom is 0.0991 e. The molecule has 0 unspecified atom stereocenters. The monoisotopic (exact) mass is 206 g/mol. The summed E-state index contributed by atoms with van der Waals surface area (Å²) in [6.07, 6.45) is 0. The Morgan fingerprint density at radius 1 is 1.50 bits per heavy atom. The van der Waals surface area contributed by atoms with Crippen LogP contribution in [0.15, 0.2) is 35.4 Å². The molecule has 0 saturated carbocycles. The molecule has 0 atom stereocenters. The van der Waals surface area contributed by atoms with Gasteiger partial charge in [-0.3, -0.25) is 0 Å². The maximum absolute atomic E-state index is 8.59.